The molecule has 0 bridgehead atoms. The lowest BCUT2D eigenvalue weighted by molar-refractivity contribution is 0.0951. The summed E-state index contributed by atoms with van der Waals surface area (Å²) < 4.78 is 26.1. The third-order valence-corrected chi connectivity index (χ3v) is 5.65. The third-order valence-electron chi connectivity index (χ3n) is 3.43. The second-order valence-corrected chi connectivity index (χ2v) is 7.92. The van der Waals surface area contributed by atoms with Gasteiger partial charge in [-0.25, -0.2) is 18.1 Å². The molecular weight excluding hydrogens is 312 g/mol. The van der Waals surface area contributed by atoms with Crippen LogP contribution in [0.5, 0.6) is 0 Å². The number of nitrogens with two attached hydrogens (primary N) is 1. The first-order valence-electron chi connectivity index (χ1n) is 6.90. The fourth-order valence-corrected chi connectivity index (χ4v) is 3.57. The number of carbonyl (C=O) groups excluding carboxylic acids is 1. The summed E-state index contributed by atoms with van der Waals surface area (Å²) in [5.41, 5.74) is 5.70. The Morgan fingerprint density at radius 2 is 2.24 bits per heavy atom. The van der Waals surface area contributed by atoms with Gasteiger partial charge in [0.25, 0.3) is 5.91 Å². The SMILES string of the molecule is NCc1nc(C(=O)NCCS(=O)(=O)NCC2CCC2)cs1. The number of thiazole rings is 1. The average Bonchev–Trinajstić information content (AvgIpc) is 2.85. The van der Waals surface area contributed by atoms with Crippen molar-refractivity contribution < 1.29 is 13.2 Å². The molecule has 21 heavy (non-hydrogen) atoms. The second kappa shape index (κ2) is 7.30. The molecule has 1 aromatic heterocycles. The van der Waals surface area contributed by atoms with Crippen molar-refractivity contribution >= 4 is 27.3 Å². The van der Waals surface area contributed by atoms with Crippen LogP contribution >= 0.6 is 11.3 Å². The van der Waals surface area contributed by atoms with Crippen molar-refractivity contribution in [1.82, 2.24) is 15.0 Å². The fourth-order valence-electron chi connectivity index (χ4n) is 1.91. The number of carbonyl (C=O) groups is 1. The molecule has 2 rings (SSSR count). The number of sulfonamides is 1. The van der Waals surface area contributed by atoms with Crippen LogP contribution in [-0.4, -0.2) is 38.2 Å². The summed E-state index contributed by atoms with van der Waals surface area (Å²) in [5, 5.41) is 4.84. The van der Waals surface area contributed by atoms with Gasteiger partial charge in [-0.15, -0.1) is 11.3 Å². The van der Waals surface area contributed by atoms with Crippen LogP contribution in [0.3, 0.4) is 0 Å². The Morgan fingerprint density at radius 3 is 2.81 bits per heavy atom. The van der Waals surface area contributed by atoms with Gasteiger partial charge in [-0.1, -0.05) is 6.42 Å². The zero-order chi connectivity index (χ0) is 15.3. The Labute approximate surface area is 128 Å². The van der Waals surface area contributed by atoms with Crippen molar-refractivity contribution in [2.75, 3.05) is 18.8 Å². The predicted molar refractivity (Wildman–Crippen MR) is 81.5 cm³/mol. The van der Waals surface area contributed by atoms with Crippen LogP contribution in [0.4, 0.5) is 0 Å². The van der Waals surface area contributed by atoms with E-state index in [9.17, 15) is 13.2 Å². The van der Waals surface area contributed by atoms with E-state index in [1.807, 2.05) is 0 Å². The molecule has 0 aliphatic heterocycles. The number of hydrogen-bond acceptors (Lipinski definition) is 6. The van der Waals surface area contributed by atoms with Crippen LogP contribution in [0.1, 0.15) is 34.8 Å². The van der Waals surface area contributed by atoms with E-state index in [2.05, 4.69) is 15.0 Å². The summed E-state index contributed by atoms with van der Waals surface area (Å²) >= 11 is 1.31. The van der Waals surface area contributed by atoms with Crippen LogP contribution in [-0.2, 0) is 16.6 Å². The molecule has 1 amide bonds. The van der Waals surface area contributed by atoms with Gasteiger partial charge in [0.2, 0.25) is 10.0 Å². The molecule has 118 valence electrons. The summed E-state index contributed by atoms with van der Waals surface area (Å²) in [6.45, 7) is 0.855. The highest BCUT2D eigenvalue weighted by atomic mass is 32.2. The van der Waals surface area contributed by atoms with Gasteiger partial charge < -0.3 is 11.1 Å². The molecular formula is C12H20N4O3S2. The van der Waals surface area contributed by atoms with Gasteiger partial charge >= 0.3 is 0 Å². The molecule has 1 heterocycles. The van der Waals surface area contributed by atoms with E-state index in [0.29, 0.717) is 17.5 Å². The highest BCUT2D eigenvalue weighted by molar-refractivity contribution is 7.89. The zero-order valence-electron chi connectivity index (χ0n) is 11.7. The summed E-state index contributed by atoms with van der Waals surface area (Å²) in [6, 6.07) is 0. The highest BCUT2D eigenvalue weighted by Gasteiger charge is 2.20. The maximum Gasteiger partial charge on any atom is 0.270 e. The Hall–Kier alpha value is -1.03. The van der Waals surface area contributed by atoms with Gasteiger partial charge in [0, 0.05) is 25.0 Å². The zero-order valence-corrected chi connectivity index (χ0v) is 13.3. The Bertz CT molecular complexity index is 581. The Balaban J connectivity index is 1.70. The standard InChI is InChI=1S/C12H20N4O3S2/c13-6-11-16-10(8-20-11)12(17)14-4-5-21(18,19)15-7-9-2-1-3-9/h8-9,15H,1-7,13H2,(H,14,17). The minimum absolute atomic E-state index is 0.0638. The van der Waals surface area contributed by atoms with E-state index < -0.39 is 10.0 Å². The van der Waals surface area contributed by atoms with Crippen molar-refractivity contribution in [3.8, 4) is 0 Å². The molecule has 0 unspecified atom stereocenters. The average molecular weight is 332 g/mol. The monoisotopic (exact) mass is 332 g/mol. The number of amides is 1. The summed E-state index contributed by atoms with van der Waals surface area (Å²) in [5.74, 6) is -0.0292. The largest absolute Gasteiger partial charge is 0.350 e. The van der Waals surface area contributed by atoms with Crippen molar-refractivity contribution in [2.24, 2.45) is 11.7 Å². The molecule has 1 aliphatic rings. The number of aromatic nitrogens is 1. The van der Waals surface area contributed by atoms with Crippen molar-refractivity contribution in [2.45, 2.75) is 25.8 Å². The Morgan fingerprint density at radius 1 is 1.48 bits per heavy atom. The van der Waals surface area contributed by atoms with Crippen molar-refractivity contribution in [3.05, 3.63) is 16.1 Å². The smallest absolute Gasteiger partial charge is 0.270 e. The van der Waals surface area contributed by atoms with Crippen molar-refractivity contribution in [3.63, 3.8) is 0 Å². The lowest BCUT2D eigenvalue weighted by Gasteiger charge is -2.25. The fraction of sp³-hybridized carbons (Fsp3) is 0.667. The van der Waals surface area contributed by atoms with Gasteiger partial charge in [0.1, 0.15) is 10.7 Å². The van der Waals surface area contributed by atoms with E-state index in [0.717, 1.165) is 12.8 Å². The van der Waals surface area contributed by atoms with Gasteiger partial charge in [-0.3, -0.25) is 4.79 Å². The van der Waals surface area contributed by atoms with E-state index in [1.54, 1.807) is 5.38 Å². The molecule has 9 heteroatoms. The number of nitrogens with one attached hydrogen (secondary N) is 2. The third kappa shape index (κ3) is 5.03. The molecule has 0 aromatic carbocycles. The topological polar surface area (TPSA) is 114 Å². The molecule has 1 aliphatic carbocycles. The quantitative estimate of drug-likeness (QED) is 0.622. The predicted octanol–water partition coefficient (Wildman–Crippen LogP) is 0.0511. The Kier molecular flexibility index (Phi) is 5.68. The molecule has 7 nitrogen and oxygen atoms in total. The van der Waals surface area contributed by atoms with Crippen LogP contribution in [0.2, 0.25) is 0 Å². The molecule has 4 N–H and O–H groups in total. The molecule has 1 saturated carbocycles. The molecule has 1 fully saturated rings. The van der Waals surface area contributed by atoms with Gasteiger partial charge in [0.15, 0.2) is 0 Å². The lowest BCUT2D eigenvalue weighted by Crippen LogP contribution is -2.37. The van der Waals surface area contributed by atoms with Gasteiger partial charge in [0.05, 0.1) is 5.75 Å². The maximum atomic E-state index is 11.8. The van der Waals surface area contributed by atoms with E-state index in [4.69, 9.17) is 5.73 Å². The first-order chi connectivity index (χ1) is 10.00. The number of nitrogens with zero attached hydrogens (tertiary/aromatic N) is 1. The minimum Gasteiger partial charge on any atom is -0.350 e. The van der Waals surface area contributed by atoms with Gasteiger partial charge in [-0.2, -0.15) is 0 Å². The first kappa shape index (κ1) is 16.3. The molecule has 0 saturated heterocycles. The van der Waals surface area contributed by atoms with Crippen LogP contribution in [0.15, 0.2) is 5.38 Å². The van der Waals surface area contributed by atoms with Crippen LogP contribution < -0.4 is 15.8 Å². The van der Waals surface area contributed by atoms with Crippen LogP contribution in [0.25, 0.3) is 0 Å². The number of rotatable bonds is 8. The molecule has 0 atom stereocenters. The van der Waals surface area contributed by atoms with E-state index >= 15 is 0 Å². The van der Waals surface area contributed by atoms with E-state index in [1.165, 1.54) is 17.8 Å². The summed E-state index contributed by atoms with van der Waals surface area (Å²) in [6.07, 6.45) is 3.36. The molecule has 0 radical (unpaired) electrons. The summed E-state index contributed by atoms with van der Waals surface area (Å²) in [4.78, 5) is 15.8. The summed E-state index contributed by atoms with van der Waals surface area (Å²) in [7, 11) is -3.33. The number of hydrogen-bond donors (Lipinski definition) is 3. The second-order valence-electron chi connectivity index (χ2n) is 5.05. The minimum atomic E-state index is -3.33. The van der Waals surface area contributed by atoms with Crippen molar-refractivity contribution in [1.29, 1.82) is 0 Å². The maximum absolute atomic E-state index is 11.8. The highest BCUT2D eigenvalue weighted by Crippen LogP contribution is 2.25. The van der Waals surface area contributed by atoms with E-state index in [-0.39, 0.29) is 30.4 Å². The lowest BCUT2D eigenvalue weighted by atomic mass is 9.86. The molecule has 1 aromatic rings. The normalized spacial score (nSPS) is 15.7. The van der Waals surface area contributed by atoms with Crippen LogP contribution in [0, 0.1) is 5.92 Å². The first-order valence-corrected chi connectivity index (χ1v) is 9.43. The molecule has 0 spiro atoms. The van der Waals surface area contributed by atoms with Gasteiger partial charge in [-0.05, 0) is 18.8 Å².